The van der Waals surface area contributed by atoms with Crippen LogP contribution in [0.2, 0.25) is 0 Å². The molecule has 2 heteroatoms. The molecule has 1 saturated carbocycles. The zero-order valence-corrected chi connectivity index (χ0v) is 7.53. The Morgan fingerprint density at radius 3 is 2.54 bits per heavy atom. The molecule has 0 bridgehead atoms. The lowest BCUT2D eigenvalue weighted by Gasteiger charge is -2.04. The van der Waals surface area contributed by atoms with Crippen LogP contribution in [0.5, 0.6) is 0 Å². The molecule has 13 heavy (non-hydrogen) atoms. The average Bonchev–Trinajstić information content (AvgIpc) is 2.81. The van der Waals surface area contributed by atoms with E-state index in [0.717, 1.165) is 12.0 Å². The number of carboxylic acid groups (broad SMARTS) is 1. The molecule has 0 aliphatic heterocycles. The minimum Gasteiger partial charge on any atom is -0.481 e. The Morgan fingerprint density at radius 1 is 1.46 bits per heavy atom. The molecule has 2 atom stereocenters. The number of carboxylic acids is 1. The van der Waals surface area contributed by atoms with Gasteiger partial charge in [0.15, 0.2) is 0 Å². The summed E-state index contributed by atoms with van der Waals surface area (Å²) in [5.41, 5.74) is 0.633. The second kappa shape index (κ2) is 2.59. The summed E-state index contributed by atoms with van der Waals surface area (Å²) < 4.78 is 0. The van der Waals surface area contributed by atoms with Crippen LogP contribution in [0.15, 0.2) is 30.3 Å². The van der Waals surface area contributed by atoms with Gasteiger partial charge in [-0.15, -0.1) is 0 Å². The van der Waals surface area contributed by atoms with Gasteiger partial charge in [-0.2, -0.15) is 0 Å². The van der Waals surface area contributed by atoms with E-state index in [-0.39, 0.29) is 5.92 Å². The summed E-state index contributed by atoms with van der Waals surface area (Å²) in [5, 5.41) is 8.94. The van der Waals surface area contributed by atoms with Gasteiger partial charge in [0, 0.05) is 5.92 Å². The quantitative estimate of drug-likeness (QED) is 0.750. The van der Waals surface area contributed by atoms with E-state index in [4.69, 9.17) is 5.11 Å². The minimum atomic E-state index is -0.679. The third-order valence-electron chi connectivity index (χ3n) is 2.93. The van der Waals surface area contributed by atoms with Crippen LogP contribution in [-0.4, -0.2) is 11.1 Å². The lowest BCUT2D eigenvalue weighted by molar-refractivity contribution is -0.142. The molecular weight excluding hydrogens is 164 g/mol. The van der Waals surface area contributed by atoms with Crippen molar-refractivity contribution in [2.75, 3.05) is 0 Å². The highest BCUT2D eigenvalue weighted by Crippen LogP contribution is 2.58. The number of aliphatic carboxylic acids is 1. The van der Waals surface area contributed by atoms with Crippen LogP contribution in [-0.2, 0) is 4.79 Å². The molecule has 0 unspecified atom stereocenters. The maximum Gasteiger partial charge on any atom is 0.309 e. The highest BCUT2D eigenvalue weighted by atomic mass is 16.4. The van der Waals surface area contributed by atoms with Crippen molar-refractivity contribution in [3.8, 4) is 0 Å². The number of carbonyl (C=O) groups is 1. The van der Waals surface area contributed by atoms with Gasteiger partial charge in [-0.05, 0) is 18.9 Å². The third-order valence-corrected chi connectivity index (χ3v) is 2.93. The molecule has 0 spiro atoms. The van der Waals surface area contributed by atoms with Gasteiger partial charge in [0.25, 0.3) is 0 Å². The summed E-state index contributed by atoms with van der Waals surface area (Å²) >= 11 is 0. The predicted octanol–water partition coefficient (Wildman–Crippen LogP) is 2.26. The fourth-order valence-electron chi connectivity index (χ4n) is 1.77. The number of hydrogen-bond acceptors (Lipinski definition) is 1. The van der Waals surface area contributed by atoms with Crippen LogP contribution >= 0.6 is 0 Å². The van der Waals surface area contributed by atoms with E-state index in [0.29, 0.717) is 0 Å². The summed E-state index contributed by atoms with van der Waals surface area (Å²) in [6.45, 7) is 1.81. The molecule has 1 aromatic carbocycles. The summed E-state index contributed by atoms with van der Waals surface area (Å²) in [7, 11) is 0. The fraction of sp³-hybridized carbons (Fsp3) is 0.364. The maximum atomic E-state index is 10.9. The van der Waals surface area contributed by atoms with Gasteiger partial charge in [-0.25, -0.2) is 0 Å². The van der Waals surface area contributed by atoms with Crippen molar-refractivity contribution >= 4 is 5.97 Å². The van der Waals surface area contributed by atoms with E-state index in [1.807, 2.05) is 37.3 Å². The van der Waals surface area contributed by atoms with Crippen LogP contribution in [0.4, 0.5) is 0 Å². The Hall–Kier alpha value is -1.31. The normalized spacial score (nSPS) is 31.3. The molecule has 0 heterocycles. The summed E-state index contributed by atoms with van der Waals surface area (Å²) in [4.78, 5) is 10.9. The summed E-state index contributed by atoms with van der Waals surface area (Å²) in [6, 6.07) is 9.85. The largest absolute Gasteiger partial charge is 0.481 e. The van der Waals surface area contributed by atoms with Gasteiger partial charge in [-0.1, -0.05) is 30.3 Å². The second-order valence-corrected chi connectivity index (χ2v) is 3.89. The first-order valence-corrected chi connectivity index (χ1v) is 4.43. The van der Waals surface area contributed by atoms with Gasteiger partial charge >= 0.3 is 5.97 Å². The average molecular weight is 176 g/mol. The molecule has 1 N–H and O–H groups in total. The number of rotatable bonds is 2. The standard InChI is InChI=1S/C11H12O2/c1-11(10(12)13)7-9(11)8-5-3-2-4-6-8/h2-6,9H,7H2,1H3,(H,12,13)/t9-,11+/m1/s1. The first kappa shape index (κ1) is 8.30. The first-order chi connectivity index (χ1) is 6.14. The van der Waals surface area contributed by atoms with Crippen molar-refractivity contribution < 1.29 is 9.90 Å². The molecule has 2 rings (SSSR count). The van der Waals surface area contributed by atoms with E-state index in [1.165, 1.54) is 0 Å². The zero-order chi connectivity index (χ0) is 9.47. The molecule has 0 aromatic heterocycles. The van der Waals surface area contributed by atoms with E-state index >= 15 is 0 Å². The van der Waals surface area contributed by atoms with E-state index < -0.39 is 11.4 Å². The SMILES string of the molecule is C[C@]1(C(=O)O)C[C@@H]1c1ccccc1. The van der Waals surface area contributed by atoms with Crippen LogP contribution in [0, 0.1) is 5.41 Å². The molecule has 1 aliphatic rings. The van der Waals surface area contributed by atoms with E-state index in [9.17, 15) is 4.79 Å². The highest BCUT2D eigenvalue weighted by Gasteiger charge is 2.56. The van der Waals surface area contributed by atoms with Crippen molar-refractivity contribution in [3.63, 3.8) is 0 Å². The molecule has 0 radical (unpaired) electrons. The van der Waals surface area contributed by atoms with Crippen molar-refractivity contribution in [2.24, 2.45) is 5.41 Å². The Kier molecular flexibility index (Phi) is 1.65. The zero-order valence-electron chi connectivity index (χ0n) is 7.53. The van der Waals surface area contributed by atoms with Crippen LogP contribution in [0.3, 0.4) is 0 Å². The van der Waals surface area contributed by atoms with Gasteiger partial charge in [0.1, 0.15) is 0 Å². The molecule has 1 aliphatic carbocycles. The Morgan fingerprint density at radius 2 is 2.08 bits per heavy atom. The third kappa shape index (κ3) is 1.22. The van der Waals surface area contributed by atoms with Gasteiger partial charge in [0.2, 0.25) is 0 Å². The lowest BCUT2D eigenvalue weighted by atomic mass is 10.0. The summed E-state index contributed by atoms with van der Waals surface area (Å²) in [5.74, 6) is -0.465. The van der Waals surface area contributed by atoms with Gasteiger partial charge < -0.3 is 5.11 Å². The van der Waals surface area contributed by atoms with Crippen LogP contribution < -0.4 is 0 Å². The minimum absolute atomic E-state index is 0.214. The Labute approximate surface area is 77.2 Å². The van der Waals surface area contributed by atoms with E-state index in [1.54, 1.807) is 0 Å². The molecule has 1 fully saturated rings. The molecule has 2 nitrogen and oxygen atoms in total. The smallest absolute Gasteiger partial charge is 0.309 e. The Balaban J connectivity index is 2.21. The fourth-order valence-corrected chi connectivity index (χ4v) is 1.77. The monoisotopic (exact) mass is 176 g/mol. The predicted molar refractivity (Wildman–Crippen MR) is 49.5 cm³/mol. The van der Waals surface area contributed by atoms with Gasteiger partial charge in [-0.3, -0.25) is 4.79 Å². The topological polar surface area (TPSA) is 37.3 Å². The van der Waals surface area contributed by atoms with Crippen molar-refractivity contribution in [3.05, 3.63) is 35.9 Å². The lowest BCUT2D eigenvalue weighted by Crippen LogP contribution is -2.12. The van der Waals surface area contributed by atoms with Crippen LogP contribution in [0.1, 0.15) is 24.8 Å². The van der Waals surface area contributed by atoms with Crippen molar-refractivity contribution in [1.29, 1.82) is 0 Å². The molecule has 68 valence electrons. The van der Waals surface area contributed by atoms with E-state index in [2.05, 4.69) is 0 Å². The first-order valence-electron chi connectivity index (χ1n) is 4.43. The number of benzene rings is 1. The van der Waals surface area contributed by atoms with Crippen molar-refractivity contribution in [1.82, 2.24) is 0 Å². The molecule has 0 saturated heterocycles. The summed E-state index contributed by atoms with van der Waals surface area (Å²) in [6.07, 6.45) is 0.770. The Bertz CT molecular complexity index is 331. The molecular formula is C11H12O2. The second-order valence-electron chi connectivity index (χ2n) is 3.89. The van der Waals surface area contributed by atoms with Gasteiger partial charge in [0.05, 0.1) is 5.41 Å². The molecule has 1 aromatic rings. The van der Waals surface area contributed by atoms with Crippen molar-refractivity contribution in [2.45, 2.75) is 19.3 Å². The van der Waals surface area contributed by atoms with Crippen LogP contribution in [0.25, 0.3) is 0 Å². The maximum absolute atomic E-state index is 10.9. The number of hydrogen-bond donors (Lipinski definition) is 1. The molecule has 0 amide bonds. The highest BCUT2D eigenvalue weighted by molar-refractivity contribution is 5.79.